The van der Waals surface area contributed by atoms with Crippen molar-refractivity contribution < 1.29 is 0 Å². The van der Waals surface area contributed by atoms with Crippen LogP contribution in [0.3, 0.4) is 0 Å². The summed E-state index contributed by atoms with van der Waals surface area (Å²) >= 11 is 0. The average molecular weight is 193 g/mol. The fourth-order valence-corrected chi connectivity index (χ4v) is 2.69. The number of likely N-dealkylation sites (tertiary alicyclic amines) is 1. The van der Waals surface area contributed by atoms with Crippen LogP contribution in [0.5, 0.6) is 0 Å². The van der Waals surface area contributed by atoms with Crippen molar-refractivity contribution >= 4 is 0 Å². The summed E-state index contributed by atoms with van der Waals surface area (Å²) in [6, 6.07) is 3.52. The highest BCUT2D eigenvalue weighted by Gasteiger charge is 2.30. The fourth-order valence-electron chi connectivity index (χ4n) is 2.69. The van der Waals surface area contributed by atoms with Gasteiger partial charge in [0, 0.05) is 18.6 Å². The van der Waals surface area contributed by atoms with Crippen molar-refractivity contribution in [2.24, 2.45) is 5.92 Å². The first-order valence-corrected chi connectivity index (χ1v) is 5.64. The molecule has 14 heavy (non-hydrogen) atoms. The van der Waals surface area contributed by atoms with Gasteiger partial charge in [0.1, 0.15) is 0 Å². The third-order valence-electron chi connectivity index (χ3n) is 3.52. The van der Waals surface area contributed by atoms with Crippen LogP contribution >= 0.6 is 0 Å². The van der Waals surface area contributed by atoms with Gasteiger partial charge in [-0.25, -0.2) is 0 Å². The molecular weight excluding hydrogens is 174 g/mol. The Labute approximate surface area is 86.1 Å². The van der Waals surface area contributed by atoms with Crippen molar-refractivity contribution in [1.29, 1.82) is 5.26 Å². The molecule has 0 aromatic carbocycles. The molecule has 3 nitrogen and oxygen atoms in total. The zero-order chi connectivity index (χ0) is 9.97. The molecule has 0 amide bonds. The molecule has 1 saturated carbocycles. The van der Waals surface area contributed by atoms with E-state index in [1.165, 1.54) is 25.8 Å². The Morgan fingerprint density at radius 1 is 1.36 bits per heavy atom. The van der Waals surface area contributed by atoms with Crippen LogP contribution in [-0.4, -0.2) is 37.1 Å². The summed E-state index contributed by atoms with van der Waals surface area (Å²) in [4.78, 5) is 2.36. The SMILES string of the molecule is CN1CCC(NC2CCCC2C#N)C1. The van der Waals surface area contributed by atoms with E-state index in [0.29, 0.717) is 12.1 Å². The first-order valence-electron chi connectivity index (χ1n) is 5.64. The monoisotopic (exact) mass is 193 g/mol. The Kier molecular flexibility index (Phi) is 3.05. The maximum atomic E-state index is 8.96. The molecule has 0 aromatic heterocycles. The molecule has 0 aromatic rings. The van der Waals surface area contributed by atoms with Gasteiger partial charge in [0.25, 0.3) is 0 Å². The van der Waals surface area contributed by atoms with E-state index in [1.807, 2.05) is 0 Å². The lowest BCUT2D eigenvalue weighted by molar-refractivity contribution is 0.366. The van der Waals surface area contributed by atoms with Gasteiger partial charge in [-0.05, 0) is 32.9 Å². The zero-order valence-electron chi connectivity index (χ0n) is 8.87. The second kappa shape index (κ2) is 4.29. The summed E-state index contributed by atoms with van der Waals surface area (Å²) in [6.45, 7) is 2.34. The lowest BCUT2D eigenvalue weighted by Gasteiger charge is -2.20. The molecule has 1 aliphatic carbocycles. The molecule has 3 unspecified atom stereocenters. The van der Waals surface area contributed by atoms with Crippen LogP contribution in [0.25, 0.3) is 0 Å². The van der Waals surface area contributed by atoms with Gasteiger partial charge in [-0.2, -0.15) is 5.26 Å². The summed E-state index contributed by atoms with van der Waals surface area (Å²) in [5.41, 5.74) is 0. The molecule has 0 spiro atoms. The smallest absolute Gasteiger partial charge is 0.0672 e. The largest absolute Gasteiger partial charge is 0.309 e. The van der Waals surface area contributed by atoms with E-state index in [1.54, 1.807) is 0 Å². The van der Waals surface area contributed by atoms with Gasteiger partial charge in [-0.3, -0.25) is 0 Å². The van der Waals surface area contributed by atoms with Crippen LogP contribution in [0, 0.1) is 17.2 Å². The second-order valence-corrected chi connectivity index (χ2v) is 4.69. The minimum Gasteiger partial charge on any atom is -0.309 e. The van der Waals surface area contributed by atoms with E-state index < -0.39 is 0 Å². The van der Waals surface area contributed by atoms with E-state index in [2.05, 4.69) is 23.3 Å². The van der Waals surface area contributed by atoms with Crippen LogP contribution in [0.1, 0.15) is 25.7 Å². The fraction of sp³-hybridized carbons (Fsp3) is 0.909. The molecule has 3 heteroatoms. The zero-order valence-corrected chi connectivity index (χ0v) is 8.87. The van der Waals surface area contributed by atoms with Gasteiger partial charge >= 0.3 is 0 Å². The lowest BCUT2D eigenvalue weighted by Crippen LogP contribution is -2.41. The van der Waals surface area contributed by atoms with Crippen LogP contribution in [0.15, 0.2) is 0 Å². The molecule has 2 rings (SSSR count). The van der Waals surface area contributed by atoms with E-state index >= 15 is 0 Å². The second-order valence-electron chi connectivity index (χ2n) is 4.69. The highest BCUT2D eigenvalue weighted by Crippen LogP contribution is 2.26. The molecule has 1 heterocycles. The minimum atomic E-state index is 0.265. The average Bonchev–Trinajstić information content (AvgIpc) is 2.76. The van der Waals surface area contributed by atoms with Gasteiger partial charge in [0.2, 0.25) is 0 Å². The van der Waals surface area contributed by atoms with Gasteiger partial charge in [0.15, 0.2) is 0 Å². The van der Waals surface area contributed by atoms with Gasteiger partial charge in [-0.1, -0.05) is 6.42 Å². The molecular formula is C11H19N3. The number of nitriles is 1. The Morgan fingerprint density at radius 3 is 2.86 bits per heavy atom. The highest BCUT2D eigenvalue weighted by molar-refractivity contribution is 4.98. The Hall–Kier alpha value is -0.590. The molecule has 2 aliphatic rings. The van der Waals surface area contributed by atoms with Gasteiger partial charge in [0.05, 0.1) is 12.0 Å². The number of rotatable bonds is 2. The van der Waals surface area contributed by atoms with Crippen LogP contribution in [-0.2, 0) is 0 Å². The van der Waals surface area contributed by atoms with Crippen molar-refractivity contribution in [3.8, 4) is 6.07 Å². The predicted octanol–water partition coefficient (Wildman–Crippen LogP) is 0.972. The highest BCUT2D eigenvalue weighted by atomic mass is 15.2. The van der Waals surface area contributed by atoms with E-state index in [0.717, 1.165) is 13.0 Å². The maximum Gasteiger partial charge on any atom is 0.0672 e. The quantitative estimate of drug-likeness (QED) is 0.710. The summed E-state index contributed by atoms with van der Waals surface area (Å²) in [5.74, 6) is 0.265. The van der Waals surface area contributed by atoms with E-state index in [4.69, 9.17) is 5.26 Å². The maximum absolute atomic E-state index is 8.96. The third-order valence-corrected chi connectivity index (χ3v) is 3.52. The molecule has 2 fully saturated rings. The number of nitrogens with one attached hydrogen (secondary N) is 1. The van der Waals surface area contributed by atoms with Crippen LogP contribution in [0.2, 0.25) is 0 Å². The minimum absolute atomic E-state index is 0.265. The summed E-state index contributed by atoms with van der Waals surface area (Å²) in [5, 5.41) is 12.6. The Balaban J connectivity index is 1.82. The number of hydrogen-bond acceptors (Lipinski definition) is 3. The van der Waals surface area contributed by atoms with Crippen LogP contribution < -0.4 is 5.32 Å². The first kappa shape index (κ1) is 9.95. The van der Waals surface area contributed by atoms with Crippen molar-refractivity contribution in [3.05, 3.63) is 0 Å². The molecule has 1 saturated heterocycles. The van der Waals surface area contributed by atoms with Gasteiger partial charge in [-0.15, -0.1) is 0 Å². The van der Waals surface area contributed by atoms with Crippen LogP contribution in [0.4, 0.5) is 0 Å². The summed E-state index contributed by atoms with van der Waals surface area (Å²) < 4.78 is 0. The topological polar surface area (TPSA) is 39.1 Å². The Bertz CT molecular complexity index is 233. The normalized spacial score (nSPS) is 38.7. The molecule has 1 aliphatic heterocycles. The number of likely N-dealkylation sites (N-methyl/N-ethyl adjacent to an activating group) is 1. The van der Waals surface area contributed by atoms with Crippen molar-refractivity contribution in [3.63, 3.8) is 0 Å². The van der Waals surface area contributed by atoms with E-state index in [-0.39, 0.29) is 5.92 Å². The van der Waals surface area contributed by atoms with Crippen molar-refractivity contribution in [2.45, 2.75) is 37.8 Å². The molecule has 78 valence electrons. The number of nitrogens with zero attached hydrogens (tertiary/aromatic N) is 2. The molecule has 0 radical (unpaired) electrons. The summed E-state index contributed by atoms with van der Waals surface area (Å²) in [6.07, 6.45) is 4.75. The standard InChI is InChI=1S/C11H19N3/c1-14-6-5-10(8-14)13-11-4-2-3-9(11)7-12/h9-11,13H,2-6,8H2,1H3. The summed E-state index contributed by atoms with van der Waals surface area (Å²) in [7, 11) is 2.16. The molecule has 3 atom stereocenters. The predicted molar refractivity (Wildman–Crippen MR) is 55.8 cm³/mol. The lowest BCUT2D eigenvalue weighted by atomic mass is 10.0. The van der Waals surface area contributed by atoms with Gasteiger partial charge < -0.3 is 10.2 Å². The Morgan fingerprint density at radius 2 is 2.21 bits per heavy atom. The third kappa shape index (κ3) is 2.08. The molecule has 0 bridgehead atoms. The van der Waals surface area contributed by atoms with Crippen molar-refractivity contribution in [1.82, 2.24) is 10.2 Å². The van der Waals surface area contributed by atoms with Crippen molar-refractivity contribution in [2.75, 3.05) is 20.1 Å². The van der Waals surface area contributed by atoms with E-state index in [9.17, 15) is 0 Å². The molecule has 1 N–H and O–H groups in total. The number of hydrogen-bond donors (Lipinski definition) is 1. The first-order chi connectivity index (χ1) is 6.79.